The Morgan fingerprint density at radius 1 is 0.487 bits per heavy atom. The van der Waals surface area contributed by atoms with Gasteiger partial charge in [0, 0.05) is 25.8 Å². The Bertz CT molecular complexity index is 2500. The Labute approximate surface area is 462 Å². The minimum Gasteiger partial charge on any atom is -0.480 e. The van der Waals surface area contributed by atoms with Gasteiger partial charge in [-0.25, -0.2) is 4.79 Å². The molecule has 80 heavy (non-hydrogen) atoms. The van der Waals surface area contributed by atoms with Crippen molar-refractivity contribution in [2.24, 2.45) is 51.2 Å². The van der Waals surface area contributed by atoms with E-state index in [1.54, 1.807) is 60.7 Å². The summed E-state index contributed by atoms with van der Waals surface area (Å²) in [6, 6.07) is 2.41. The quantitative estimate of drug-likeness (QED) is 0.0172. The van der Waals surface area contributed by atoms with Crippen LogP contribution in [0.1, 0.15) is 83.8 Å². The first-order valence-electron chi connectivity index (χ1n) is 25.6. The molecule has 2 aromatic carbocycles. The van der Waals surface area contributed by atoms with Crippen LogP contribution in [0, 0.1) is 11.8 Å². The average Bonchev–Trinajstić information content (AvgIpc) is 3.37. The van der Waals surface area contributed by atoms with Gasteiger partial charge in [0.25, 0.3) is 0 Å². The number of guanidine groups is 1. The minimum absolute atomic E-state index is 0.00183. The number of aliphatic imine (C=N–C) groups is 1. The van der Waals surface area contributed by atoms with Crippen LogP contribution in [-0.4, -0.2) is 155 Å². The van der Waals surface area contributed by atoms with Gasteiger partial charge in [0.05, 0.1) is 25.5 Å². The number of hydrogen-bond donors (Lipinski definition) is 16. The Balaban J connectivity index is 2.39. The largest absolute Gasteiger partial charge is 0.480 e. The number of carbonyl (C=O) groups is 12. The zero-order valence-electron chi connectivity index (χ0n) is 45.1. The number of nitrogens with two attached hydrogens (primary N) is 6. The van der Waals surface area contributed by atoms with Crippen molar-refractivity contribution in [2.75, 3.05) is 13.2 Å². The van der Waals surface area contributed by atoms with E-state index in [2.05, 4.69) is 47.5 Å². The molecule has 0 aliphatic rings. The zero-order chi connectivity index (χ0) is 60.2. The van der Waals surface area contributed by atoms with Crippen LogP contribution in [0.3, 0.4) is 0 Å². The van der Waals surface area contributed by atoms with E-state index in [1.165, 1.54) is 13.8 Å². The summed E-state index contributed by atoms with van der Waals surface area (Å²) in [6.07, 6.45) is -2.77. The molecule has 0 aliphatic heterocycles. The van der Waals surface area contributed by atoms with Crippen LogP contribution in [0.25, 0.3) is 0 Å². The number of rotatable bonds is 36. The van der Waals surface area contributed by atoms with E-state index < -0.39 is 164 Å². The Morgan fingerprint density at radius 2 is 0.887 bits per heavy atom. The van der Waals surface area contributed by atoms with Crippen LogP contribution >= 0.6 is 0 Å². The number of benzene rings is 2. The summed E-state index contributed by atoms with van der Waals surface area (Å²) in [4.78, 5) is 162. The topological polar surface area (TPSA) is 510 Å². The number of carbonyl (C=O) groups excluding carboxylic acids is 11. The van der Waals surface area contributed by atoms with E-state index in [0.29, 0.717) is 11.1 Å². The summed E-state index contributed by atoms with van der Waals surface area (Å²) < 4.78 is 0. The smallest absolute Gasteiger partial charge is 0.326 e. The second-order valence-electron chi connectivity index (χ2n) is 19.6. The molecule has 29 nitrogen and oxygen atoms in total. The maximum Gasteiger partial charge on any atom is 0.326 e. The number of nitrogens with zero attached hydrogens (tertiary/aromatic N) is 1. The maximum absolute atomic E-state index is 14.1. The Morgan fingerprint density at radius 3 is 1.32 bits per heavy atom. The molecule has 0 bridgehead atoms. The van der Waals surface area contributed by atoms with Crippen molar-refractivity contribution in [3.8, 4) is 0 Å². The molecular weight excluding hydrogens is 1050 g/mol. The number of aliphatic hydroxyl groups excluding tert-OH is 1. The molecule has 0 radical (unpaired) electrons. The molecule has 9 atom stereocenters. The molecule has 22 N–H and O–H groups in total. The van der Waals surface area contributed by atoms with Crippen molar-refractivity contribution in [3.05, 3.63) is 71.8 Å². The second-order valence-corrected chi connectivity index (χ2v) is 19.6. The third-order valence-corrected chi connectivity index (χ3v) is 11.9. The highest BCUT2D eigenvalue weighted by atomic mass is 16.4. The van der Waals surface area contributed by atoms with E-state index in [4.69, 9.17) is 34.4 Å². The van der Waals surface area contributed by atoms with Gasteiger partial charge >= 0.3 is 5.97 Å². The van der Waals surface area contributed by atoms with Crippen LogP contribution in [0.15, 0.2) is 65.7 Å². The number of primary amides is 3. The predicted octanol–water partition coefficient (Wildman–Crippen LogP) is -5.47. The van der Waals surface area contributed by atoms with Crippen molar-refractivity contribution < 1.29 is 67.7 Å². The summed E-state index contributed by atoms with van der Waals surface area (Å²) in [5, 5.41) is 39.3. The van der Waals surface area contributed by atoms with Crippen molar-refractivity contribution >= 4 is 76.9 Å². The summed E-state index contributed by atoms with van der Waals surface area (Å²) in [7, 11) is 0. The number of aliphatic hydroxyl groups is 1. The van der Waals surface area contributed by atoms with Gasteiger partial charge in [-0.05, 0) is 48.6 Å². The monoisotopic (exact) mass is 1120 g/mol. The van der Waals surface area contributed by atoms with Gasteiger partial charge in [0.2, 0.25) is 65.0 Å². The highest BCUT2D eigenvalue weighted by molar-refractivity contribution is 5.99. The first-order chi connectivity index (χ1) is 37.6. The fourth-order valence-corrected chi connectivity index (χ4v) is 7.76. The number of carboxylic acids is 1. The van der Waals surface area contributed by atoms with Gasteiger partial charge in [-0.15, -0.1) is 0 Å². The molecular formula is C51H77N15O14. The van der Waals surface area contributed by atoms with Gasteiger partial charge < -0.3 is 87.1 Å². The first kappa shape index (κ1) is 67.4. The Hall–Kier alpha value is -8.73. The summed E-state index contributed by atoms with van der Waals surface area (Å²) in [5.41, 5.74) is 34.1. The number of nitrogens with one attached hydrogen (secondary N) is 8. The number of aliphatic carboxylic acids is 1. The summed E-state index contributed by atoms with van der Waals surface area (Å²) in [5.74, 6) is -13.8. The SMILES string of the molecule is CC(C)C[C@H](N)C(=O)N[C@@H](CCCN=C(N)N)C(=O)N[C@@H](CC(N)=O)C(=O)N[C@@H](CCC(N)=O)C(=O)N[C@@H](CO)C(=O)N[C@H](C(=O)N[C@@H](Cc1ccccc1)C(=O)N[C@@H](CC(N)=O)C(=O)N[C@@H](Cc1ccccc1)C(=O)O)C(C)C. The van der Waals surface area contributed by atoms with Gasteiger partial charge in [-0.3, -0.25) is 57.7 Å². The molecule has 0 unspecified atom stereocenters. The molecule has 0 saturated carbocycles. The number of carboxylic acid groups (broad SMARTS) is 1. The lowest BCUT2D eigenvalue weighted by atomic mass is 10.00. The number of amides is 11. The minimum atomic E-state index is -1.87. The van der Waals surface area contributed by atoms with Crippen LogP contribution in [0.2, 0.25) is 0 Å². The molecule has 2 rings (SSSR count). The molecule has 0 aliphatic carbocycles. The van der Waals surface area contributed by atoms with Gasteiger partial charge in [0.15, 0.2) is 5.96 Å². The molecule has 11 amide bonds. The molecule has 29 heteroatoms. The summed E-state index contributed by atoms with van der Waals surface area (Å²) >= 11 is 0. The lowest BCUT2D eigenvalue weighted by molar-refractivity contribution is -0.142. The summed E-state index contributed by atoms with van der Waals surface area (Å²) in [6.45, 7) is 5.58. The average molecular weight is 1120 g/mol. The highest BCUT2D eigenvalue weighted by Crippen LogP contribution is 2.11. The molecule has 0 heterocycles. The molecule has 0 fully saturated rings. The van der Waals surface area contributed by atoms with Crippen molar-refractivity contribution in [1.82, 2.24) is 42.5 Å². The van der Waals surface area contributed by atoms with Crippen LogP contribution in [-0.2, 0) is 70.4 Å². The van der Waals surface area contributed by atoms with Crippen molar-refractivity contribution in [3.63, 3.8) is 0 Å². The second kappa shape index (κ2) is 34.2. The standard InChI is InChI=1S/C51H77N15O14/c1-26(2)20-30(52)42(71)59-31(16-11-19-58-51(56)57)43(72)61-34(23-39(54)69)46(75)60-32(17-18-38(53)68)44(73)65-37(25-67)48(77)66-41(27(3)4)49(78)63-33(21-28-12-7-5-8-13-28)45(74)62-35(24-40(55)70)47(76)64-36(50(79)80)22-29-14-9-6-10-15-29/h5-10,12-15,26-27,30-37,41,67H,11,16-25,52H2,1-4H3,(H2,53,68)(H2,54,69)(H2,55,70)(H,59,71)(H,60,75)(H,61,72)(H,62,74)(H,63,78)(H,64,76)(H,65,73)(H,66,77)(H,79,80)(H4,56,57,58)/t30-,31-,32-,33-,34-,35-,36-,37-,41-/m0/s1. The third kappa shape index (κ3) is 25.2. The third-order valence-electron chi connectivity index (χ3n) is 11.9. The normalized spacial score (nSPS) is 14.3. The highest BCUT2D eigenvalue weighted by Gasteiger charge is 2.36. The van der Waals surface area contributed by atoms with Gasteiger partial charge in [-0.1, -0.05) is 88.4 Å². The molecule has 0 spiro atoms. The lowest BCUT2D eigenvalue weighted by Gasteiger charge is -2.28. The van der Waals surface area contributed by atoms with Crippen LogP contribution in [0.5, 0.6) is 0 Å². The number of hydrogen-bond acceptors (Lipinski definition) is 15. The lowest BCUT2D eigenvalue weighted by Crippen LogP contribution is -2.62. The molecule has 2 aromatic rings. The van der Waals surface area contributed by atoms with Gasteiger partial charge in [0.1, 0.15) is 48.3 Å². The zero-order valence-corrected chi connectivity index (χ0v) is 45.1. The first-order valence-corrected chi connectivity index (χ1v) is 25.6. The Kier molecular flexibility index (Phi) is 28.8. The van der Waals surface area contributed by atoms with E-state index in [9.17, 15) is 67.7 Å². The van der Waals surface area contributed by atoms with Crippen molar-refractivity contribution in [2.45, 2.75) is 140 Å². The van der Waals surface area contributed by atoms with Crippen LogP contribution < -0.4 is 76.9 Å². The van der Waals surface area contributed by atoms with Crippen molar-refractivity contribution in [1.29, 1.82) is 0 Å². The molecule has 0 saturated heterocycles. The fourth-order valence-electron chi connectivity index (χ4n) is 7.76. The fraction of sp³-hybridized carbons (Fsp3) is 0.510. The van der Waals surface area contributed by atoms with E-state index in [1.807, 2.05) is 13.8 Å². The van der Waals surface area contributed by atoms with Crippen LogP contribution in [0.4, 0.5) is 0 Å². The molecule has 440 valence electrons. The molecule has 0 aromatic heterocycles. The van der Waals surface area contributed by atoms with Gasteiger partial charge in [-0.2, -0.15) is 0 Å². The predicted molar refractivity (Wildman–Crippen MR) is 289 cm³/mol. The maximum atomic E-state index is 14.1. The van der Waals surface area contributed by atoms with E-state index in [-0.39, 0.29) is 50.5 Å². The van der Waals surface area contributed by atoms with E-state index in [0.717, 1.165) is 0 Å². The van der Waals surface area contributed by atoms with E-state index >= 15 is 0 Å².